The monoisotopic (exact) mass is 355 g/mol. The summed E-state index contributed by atoms with van der Waals surface area (Å²) in [6, 6.07) is 8.75. The third-order valence-corrected chi connectivity index (χ3v) is 4.70. The molecule has 1 aromatic carbocycles. The lowest BCUT2D eigenvalue weighted by molar-refractivity contribution is 0.196. The molecule has 1 atom stereocenters. The molecule has 2 nitrogen and oxygen atoms in total. The molecule has 21 heavy (non-hydrogen) atoms. The van der Waals surface area contributed by atoms with E-state index in [9.17, 15) is 0 Å². The molecule has 1 unspecified atom stereocenters. The molecule has 0 saturated heterocycles. The normalized spacial score (nSPS) is 12.8. The summed E-state index contributed by atoms with van der Waals surface area (Å²) in [6.07, 6.45) is 5.03. The molecule has 0 heterocycles. The fourth-order valence-corrected chi connectivity index (χ4v) is 3.03. The summed E-state index contributed by atoms with van der Waals surface area (Å²) < 4.78 is 6.26. The summed E-state index contributed by atoms with van der Waals surface area (Å²) in [5.74, 6) is 1.54. The number of rotatable bonds is 11. The lowest BCUT2D eigenvalue weighted by Gasteiger charge is -2.22. The van der Waals surface area contributed by atoms with Crippen molar-refractivity contribution < 1.29 is 4.74 Å². The van der Waals surface area contributed by atoms with Gasteiger partial charge in [0.2, 0.25) is 0 Å². The third kappa shape index (κ3) is 7.98. The van der Waals surface area contributed by atoms with Gasteiger partial charge >= 0.3 is 0 Å². The van der Waals surface area contributed by atoms with E-state index in [0.717, 1.165) is 36.5 Å². The number of nitrogens with one attached hydrogen (secondary N) is 1. The molecule has 1 rings (SSSR count). The van der Waals surface area contributed by atoms with Crippen molar-refractivity contribution in [3.05, 3.63) is 34.3 Å². The van der Waals surface area contributed by atoms with E-state index < -0.39 is 0 Å². The van der Waals surface area contributed by atoms with E-state index in [1.54, 1.807) is 7.11 Å². The number of methoxy groups -OCH3 is 1. The first-order valence-electron chi connectivity index (χ1n) is 8.13. The van der Waals surface area contributed by atoms with E-state index in [2.05, 4.69) is 59.4 Å². The van der Waals surface area contributed by atoms with E-state index in [4.69, 9.17) is 4.74 Å². The van der Waals surface area contributed by atoms with Gasteiger partial charge in [-0.1, -0.05) is 54.8 Å². The molecule has 120 valence electrons. The average molecular weight is 356 g/mol. The summed E-state index contributed by atoms with van der Waals surface area (Å²) in [5, 5.41) is 3.54. The molecule has 0 bridgehead atoms. The number of halogens is 1. The van der Waals surface area contributed by atoms with Gasteiger partial charge in [0.25, 0.3) is 0 Å². The van der Waals surface area contributed by atoms with Gasteiger partial charge in [0.1, 0.15) is 0 Å². The highest BCUT2D eigenvalue weighted by Gasteiger charge is 2.14. The van der Waals surface area contributed by atoms with E-state index in [1.165, 1.54) is 24.8 Å². The number of benzene rings is 1. The smallest absolute Gasteiger partial charge is 0.0587 e. The predicted molar refractivity (Wildman–Crippen MR) is 94.8 cm³/mol. The molecule has 0 aliphatic rings. The highest BCUT2D eigenvalue weighted by molar-refractivity contribution is 9.10. The number of ether oxygens (including phenoxy) is 1. The van der Waals surface area contributed by atoms with Gasteiger partial charge in [0, 0.05) is 18.1 Å². The molecule has 1 aromatic rings. The van der Waals surface area contributed by atoms with Gasteiger partial charge in [0.05, 0.1) is 6.61 Å². The molecule has 0 saturated carbocycles. The molecule has 0 radical (unpaired) electrons. The Labute approximate surface area is 138 Å². The molecule has 0 amide bonds. The van der Waals surface area contributed by atoms with Crippen LogP contribution < -0.4 is 5.32 Å². The van der Waals surface area contributed by atoms with Gasteiger partial charge < -0.3 is 10.1 Å². The van der Waals surface area contributed by atoms with Crippen molar-refractivity contribution >= 4 is 15.9 Å². The van der Waals surface area contributed by atoms with Crippen LogP contribution in [-0.4, -0.2) is 26.8 Å². The third-order valence-electron chi connectivity index (χ3n) is 4.17. The fraction of sp³-hybridized carbons (Fsp3) is 0.667. The lowest BCUT2D eigenvalue weighted by atomic mass is 9.86. The van der Waals surface area contributed by atoms with Crippen LogP contribution in [0.2, 0.25) is 0 Å². The topological polar surface area (TPSA) is 21.3 Å². The highest BCUT2D eigenvalue weighted by atomic mass is 79.9. The SMILES string of the molecule is CCC(CC)CC(CNCCOC)Cc1ccc(Br)cc1. The molecule has 0 spiro atoms. The molecule has 0 aliphatic carbocycles. The Hall–Kier alpha value is -0.380. The Kier molecular flexibility index (Phi) is 9.98. The summed E-state index contributed by atoms with van der Waals surface area (Å²) in [4.78, 5) is 0. The Morgan fingerprint density at radius 3 is 2.33 bits per heavy atom. The van der Waals surface area contributed by atoms with E-state index in [-0.39, 0.29) is 0 Å². The van der Waals surface area contributed by atoms with Crippen molar-refractivity contribution in [3.63, 3.8) is 0 Å². The summed E-state index contributed by atoms with van der Waals surface area (Å²) >= 11 is 3.51. The predicted octanol–water partition coefficient (Wildman–Crippen LogP) is 4.67. The van der Waals surface area contributed by atoms with Gasteiger partial charge in [0.15, 0.2) is 0 Å². The van der Waals surface area contributed by atoms with Gasteiger partial charge in [-0.3, -0.25) is 0 Å². The average Bonchev–Trinajstić information content (AvgIpc) is 2.51. The quantitative estimate of drug-likeness (QED) is 0.582. The number of hydrogen-bond acceptors (Lipinski definition) is 2. The zero-order valence-electron chi connectivity index (χ0n) is 13.7. The van der Waals surface area contributed by atoms with E-state index in [0.29, 0.717) is 5.92 Å². The molecule has 1 N–H and O–H groups in total. The maximum Gasteiger partial charge on any atom is 0.0587 e. The zero-order valence-corrected chi connectivity index (χ0v) is 15.3. The number of hydrogen-bond donors (Lipinski definition) is 1. The van der Waals surface area contributed by atoms with E-state index in [1.807, 2.05) is 0 Å². The largest absolute Gasteiger partial charge is 0.383 e. The van der Waals surface area contributed by atoms with Crippen LogP contribution in [0.15, 0.2) is 28.7 Å². The molecule has 3 heteroatoms. The van der Waals surface area contributed by atoms with Crippen LogP contribution in [-0.2, 0) is 11.2 Å². The van der Waals surface area contributed by atoms with Crippen molar-refractivity contribution in [1.82, 2.24) is 5.32 Å². The van der Waals surface area contributed by atoms with Crippen LogP contribution in [0.4, 0.5) is 0 Å². The van der Waals surface area contributed by atoms with Crippen LogP contribution in [0.5, 0.6) is 0 Å². The van der Waals surface area contributed by atoms with Crippen LogP contribution in [0.1, 0.15) is 38.7 Å². The first kappa shape index (κ1) is 18.7. The van der Waals surface area contributed by atoms with Crippen LogP contribution >= 0.6 is 15.9 Å². The summed E-state index contributed by atoms with van der Waals surface area (Å²) in [7, 11) is 1.76. The highest BCUT2D eigenvalue weighted by Crippen LogP contribution is 2.22. The van der Waals surface area contributed by atoms with Gasteiger partial charge in [-0.2, -0.15) is 0 Å². The van der Waals surface area contributed by atoms with E-state index >= 15 is 0 Å². The van der Waals surface area contributed by atoms with Crippen molar-refractivity contribution in [2.24, 2.45) is 11.8 Å². The second-order valence-corrected chi connectivity index (χ2v) is 6.73. The second-order valence-electron chi connectivity index (χ2n) is 5.81. The fourth-order valence-electron chi connectivity index (χ4n) is 2.77. The standard InChI is InChI=1S/C18H30BrNO/c1-4-15(5-2)12-17(14-20-10-11-21-3)13-16-6-8-18(19)9-7-16/h6-9,15,17,20H,4-5,10-14H2,1-3H3. The summed E-state index contributed by atoms with van der Waals surface area (Å²) in [6.45, 7) is 7.43. The van der Waals surface area contributed by atoms with Gasteiger partial charge in [-0.25, -0.2) is 0 Å². The minimum Gasteiger partial charge on any atom is -0.383 e. The molecular formula is C18H30BrNO. The van der Waals surface area contributed by atoms with Crippen molar-refractivity contribution in [2.75, 3.05) is 26.8 Å². The Morgan fingerprint density at radius 1 is 1.10 bits per heavy atom. The molecule has 0 aromatic heterocycles. The first-order valence-corrected chi connectivity index (χ1v) is 8.92. The van der Waals surface area contributed by atoms with Gasteiger partial charge in [-0.05, 0) is 48.9 Å². The maximum absolute atomic E-state index is 5.11. The molecular weight excluding hydrogens is 326 g/mol. The molecule has 0 aliphatic heterocycles. The molecule has 0 fully saturated rings. The first-order chi connectivity index (χ1) is 10.2. The maximum atomic E-state index is 5.11. The van der Waals surface area contributed by atoms with Crippen LogP contribution in [0, 0.1) is 11.8 Å². The minimum absolute atomic E-state index is 0.702. The van der Waals surface area contributed by atoms with Crippen molar-refractivity contribution in [2.45, 2.75) is 39.5 Å². The lowest BCUT2D eigenvalue weighted by Crippen LogP contribution is -2.28. The zero-order chi connectivity index (χ0) is 15.5. The Bertz CT molecular complexity index is 362. The van der Waals surface area contributed by atoms with Crippen molar-refractivity contribution in [1.29, 1.82) is 0 Å². The minimum atomic E-state index is 0.702. The van der Waals surface area contributed by atoms with Gasteiger partial charge in [-0.15, -0.1) is 0 Å². The van der Waals surface area contributed by atoms with Crippen LogP contribution in [0.3, 0.4) is 0 Å². The summed E-state index contributed by atoms with van der Waals surface area (Å²) in [5.41, 5.74) is 1.43. The Morgan fingerprint density at radius 2 is 1.76 bits per heavy atom. The second kappa shape index (κ2) is 11.2. The Balaban J connectivity index is 2.54. The van der Waals surface area contributed by atoms with Crippen LogP contribution in [0.25, 0.3) is 0 Å². The van der Waals surface area contributed by atoms with Crippen molar-refractivity contribution in [3.8, 4) is 0 Å².